The Balaban J connectivity index is 0.000000170. The van der Waals surface area contributed by atoms with Crippen molar-refractivity contribution in [2.75, 3.05) is 5.32 Å². The van der Waals surface area contributed by atoms with Crippen molar-refractivity contribution in [2.24, 2.45) is 10.9 Å². The van der Waals surface area contributed by atoms with Gasteiger partial charge in [-0.2, -0.15) is 0 Å². The van der Waals surface area contributed by atoms with E-state index in [9.17, 15) is 0 Å². The minimum absolute atomic E-state index is 0.511. The van der Waals surface area contributed by atoms with Gasteiger partial charge in [-0.05, 0) is 71.7 Å². The number of nitrogens with zero attached hydrogens (tertiary/aromatic N) is 1. The second-order valence-electron chi connectivity index (χ2n) is 7.38. The lowest BCUT2D eigenvalue weighted by molar-refractivity contribution is 0.667. The molecular weight excluding hydrogens is 360 g/mol. The first-order valence-electron chi connectivity index (χ1n) is 9.11. The van der Waals surface area contributed by atoms with Gasteiger partial charge in [0, 0.05) is 11.1 Å². The minimum atomic E-state index is 0.511. The molecule has 0 aliphatic heterocycles. The molecule has 4 rings (SSSR count). The van der Waals surface area contributed by atoms with E-state index in [0.29, 0.717) is 17.7 Å². The smallest absolute Gasteiger partial charge is 0.164 e. The van der Waals surface area contributed by atoms with Gasteiger partial charge in [0.2, 0.25) is 0 Å². The summed E-state index contributed by atoms with van der Waals surface area (Å²) < 4.78 is 0.948. The summed E-state index contributed by atoms with van der Waals surface area (Å²) in [5, 5.41) is 10.7. The van der Waals surface area contributed by atoms with Crippen LogP contribution < -0.4 is 16.2 Å². The molecule has 0 saturated carbocycles. The van der Waals surface area contributed by atoms with Crippen LogP contribution in [0.5, 0.6) is 0 Å². The van der Waals surface area contributed by atoms with E-state index in [-0.39, 0.29) is 0 Å². The highest BCUT2D eigenvalue weighted by molar-refractivity contribution is 7.98. The maximum absolute atomic E-state index is 5.69. The van der Waals surface area contributed by atoms with Gasteiger partial charge in [0.1, 0.15) is 0 Å². The predicted octanol–water partition coefficient (Wildman–Crippen LogP) is 4.91. The molecule has 5 N–H and O–H groups in total. The molecule has 2 aromatic rings. The number of benzene rings is 1. The molecule has 0 amide bonds. The van der Waals surface area contributed by atoms with Gasteiger partial charge >= 0.3 is 0 Å². The first kappa shape index (κ1) is 19.3. The zero-order valence-electron chi connectivity index (χ0n) is 15.8. The second kappa shape index (κ2) is 8.03. The average Bonchev–Trinajstić information content (AvgIpc) is 3.24. The molecule has 0 saturated heterocycles. The molecule has 140 valence electrons. The lowest BCUT2D eigenvalue weighted by atomic mass is 9.75. The van der Waals surface area contributed by atoms with Crippen molar-refractivity contribution in [2.45, 2.75) is 62.6 Å². The van der Waals surface area contributed by atoms with E-state index in [1.807, 2.05) is 0 Å². The third-order valence-corrected chi connectivity index (χ3v) is 6.58. The van der Waals surface area contributed by atoms with Crippen LogP contribution in [0.2, 0.25) is 0 Å². The van der Waals surface area contributed by atoms with Gasteiger partial charge in [0.15, 0.2) is 4.34 Å². The van der Waals surface area contributed by atoms with Gasteiger partial charge in [-0.3, -0.25) is 5.14 Å². The van der Waals surface area contributed by atoms with Gasteiger partial charge in [-0.1, -0.05) is 33.4 Å². The van der Waals surface area contributed by atoms with Gasteiger partial charge in [-0.25, -0.2) is 4.98 Å². The highest BCUT2D eigenvalue weighted by atomic mass is 32.2. The molecule has 1 unspecified atom stereocenters. The summed E-state index contributed by atoms with van der Waals surface area (Å²) in [5.41, 5.74) is 14.1. The number of fused-ring (bicyclic) bond motifs is 2. The predicted molar refractivity (Wildman–Crippen MR) is 114 cm³/mol. The topological polar surface area (TPSA) is 77.0 Å². The van der Waals surface area contributed by atoms with Crippen molar-refractivity contribution in [3.05, 3.63) is 51.8 Å². The van der Waals surface area contributed by atoms with Gasteiger partial charge in [-0.15, -0.1) is 11.3 Å². The zero-order chi connectivity index (χ0) is 18.8. The summed E-state index contributed by atoms with van der Waals surface area (Å²) in [6, 6.07) is 2.41. The molecule has 1 aromatic carbocycles. The van der Waals surface area contributed by atoms with Crippen LogP contribution in [0, 0.1) is 0 Å². The van der Waals surface area contributed by atoms with Crippen LogP contribution in [0.3, 0.4) is 0 Å². The van der Waals surface area contributed by atoms with Crippen molar-refractivity contribution >= 4 is 29.0 Å². The van der Waals surface area contributed by atoms with E-state index in [4.69, 9.17) is 10.9 Å². The Bertz CT molecular complexity index is 810. The number of aryl methyl sites for hydroxylation is 1. The molecule has 1 atom stereocenters. The van der Waals surface area contributed by atoms with Crippen molar-refractivity contribution in [1.82, 2.24) is 4.98 Å². The highest BCUT2D eigenvalue weighted by Crippen LogP contribution is 2.45. The van der Waals surface area contributed by atoms with E-state index in [2.05, 4.69) is 49.1 Å². The fraction of sp³-hybridized carbons (Fsp3) is 0.450. The molecule has 0 bridgehead atoms. The van der Waals surface area contributed by atoms with Crippen LogP contribution in [0.1, 0.15) is 67.0 Å². The van der Waals surface area contributed by atoms with E-state index in [1.54, 1.807) is 11.3 Å². The standard InChI is InChI=1S/C14H18N2.C6H10N2S2/c1-8-6-13-12(8)7-10-4-3-5-11(10)14(13)16-9(2)15;1-4(2)5-3-9-6(8-5)10-7/h7-8,16H,2-6,15H2,1H3;3-4H,7H2,1-2H3. The maximum Gasteiger partial charge on any atom is 0.164 e. The van der Waals surface area contributed by atoms with Crippen LogP contribution in [-0.4, -0.2) is 4.98 Å². The number of aromatic nitrogens is 1. The monoisotopic (exact) mass is 388 g/mol. The van der Waals surface area contributed by atoms with Crippen molar-refractivity contribution in [3.63, 3.8) is 0 Å². The first-order chi connectivity index (χ1) is 12.4. The summed E-state index contributed by atoms with van der Waals surface area (Å²) in [5.74, 6) is 1.78. The number of hydrogen-bond donors (Lipinski definition) is 3. The van der Waals surface area contributed by atoms with Crippen LogP contribution in [0.4, 0.5) is 5.69 Å². The summed E-state index contributed by atoms with van der Waals surface area (Å²) in [7, 11) is 0. The van der Waals surface area contributed by atoms with E-state index >= 15 is 0 Å². The molecule has 0 spiro atoms. The number of thiazole rings is 1. The molecule has 0 radical (unpaired) electrons. The normalized spacial score (nSPS) is 17.0. The Kier molecular flexibility index (Phi) is 5.95. The van der Waals surface area contributed by atoms with Crippen LogP contribution in [0.25, 0.3) is 0 Å². The highest BCUT2D eigenvalue weighted by Gasteiger charge is 2.30. The Hall–Kier alpha value is -1.50. The van der Waals surface area contributed by atoms with Gasteiger partial charge in [0.05, 0.1) is 11.5 Å². The molecule has 6 heteroatoms. The third-order valence-electron chi connectivity index (χ3n) is 5.06. The van der Waals surface area contributed by atoms with Crippen molar-refractivity contribution in [1.29, 1.82) is 0 Å². The SMILES string of the molecule is C=C(N)Nc1c2c(cc3c1CC3C)CCC2.CC(C)c1csc(SN)n1. The molecule has 1 heterocycles. The first-order valence-corrected chi connectivity index (χ1v) is 10.9. The summed E-state index contributed by atoms with van der Waals surface area (Å²) in [4.78, 5) is 4.28. The van der Waals surface area contributed by atoms with Crippen LogP contribution >= 0.6 is 23.3 Å². The number of rotatable bonds is 4. The molecule has 26 heavy (non-hydrogen) atoms. The van der Waals surface area contributed by atoms with Crippen LogP contribution in [0.15, 0.2) is 28.2 Å². The van der Waals surface area contributed by atoms with E-state index in [1.165, 1.54) is 65.6 Å². The average molecular weight is 389 g/mol. The summed E-state index contributed by atoms with van der Waals surface area (Å²) in [6.45, 7) is 10.3. The quantitative estimate of drug-likeness (QED) is 0.649. The lowest BCUT2D eigenvalue weighted by Gasteiger charge is -2.32. The van der Waals surface area contributed by atoms with Crippen molar-refractivity contribution < 1.29 is 0 Å². The number of nitrogens with two attached hydrogens (primary N) is 2. The zero-order valence-corrected chi connectivity index (χ0v) is 17.4. The molecule has 2 aliphatic rings. The second-order valence-corrected chi connectivity index (χ2v) is 9.12. The molecule has 4 nitrogen and oxygen atoms in total. The summed E-state index contributed by atoms with van der Waals surface area (Å²) in [6.07, 6.45) is 4.87. The van der Waals surface area contributed by atoms with Crippen molar-refractivity contribution in [3.8, 4) is 0 Å². The Labute approximate surface area is 164 Å². The fourth-order valence-corrected chi connectivity index (χ4v) is 4.89. The molecular formula is C20H28N4S2. The van der Waals surface area contributed by atoms with Gasteiger partial charge < -0.3 is 11.1 Å². The number of hydrogen-bond acceptors (Lipinski definition) is 6. The number of anilines is 1. The largest absolute Gasteiger partial charge is 0.386 e. The maximum atomic E-state index is 5.69. The van der Waals surface area contributed by atoms with E-state index in [0.717, 1.165) is 10.0 Å². The molecule has 0 fully saturated rings. The van der Waals surface area contributed by atoms with Gasteiger partial charge in [0.25, 0.3) is 0 Å². The molecule has 2 aliphatic carbocycles. The lowest BCUT2D eigenvalue weighted by Crippen LogP contribution is -2.20. The van der Waals surface area contributed by atoms with Crippen LogP contribution in [-0.2, 0) is 19.3 Å². The Morgan fingerprint density at radius 1 is 1.38 bits per heavy atom. The fourth-order valence-electron chi connectivity index (χ4n) is 3.66. The number of nitrogens with one attached hydrogen (secondary N) is 1. The minimum Gasteiger partial charge on any atom is -0.386 e. The molecule has 1 aromatic heterocycles. The Morgan fingerprint density at radius 2 is 2.15 bits per heavy atom. The van der Waals surface area contributed by atoms with E-state index < -0.39 is 0 Å². The summed E-state index contributed by atoms with van der Waals surface area (Å²) >= 11 is 2.82. The third kappa shape index (κ3) is 3.92. The Morgan fingerprint density at radius 3 is 2.69 bits per heavy atom.